The van der Waals surface area contributed by atoms with E-state index in [1.165, 1.54) is 12.1 Å². The molecular weight excluding hydrogens is 286 g/mol. The van der Waals surface area contributed by atoms with Gasteiger partial charge in [0, 0.05) is 6.07 Å². The summed E-state index contributed by atoms with van der Waals surface area (Å²) in [7, 11) is 0. The van der Waals surface area contributed by atoms with E-state index in [4.69, 9.17) is 17.3 Å². The van der Waals surface area contributed by atoms with Crippen LogP contribution >= 0.6 is 11.6 Å². The van der Waals surface area contributed by atoms with E-state index in [1.54, 1.807) is 0 Å². The Kier molecular flexibility index (Phi) is 3.48. The van der Waals surface area contributed by atoms with E-state index in [0.29, 0.717) is 0 Å². The summed E-state index contributed by atoms with van der Waals surface area (Å²) < 4.78 is 52.8. The van der Waals surface area contributed by atoms with Gasteiger partial charge >= 0.3 is 0 Å². The van der Waals surface area contributed by atoms with E-state index in [-0.39, 0.29) is 22.7 Å². The molecule has 19 heavy (non-hydrogen) atoms. The molecule has 0 aliphatic rings. The molecule has 100 valence electrons. The minimum atomic E-state index is -1.58. The van der Waals surface area contributed by atoms with Gasteiger partial charge in [-0.05, 0) is 12.1 Å². The van der Waals surface area contributed by atoms with Crippen LogP contribution in [0, 0.1) is 23.3 Å². The fourth-order valence-corrected chi connectivity index (χ4v) is 1.50. The number of hydrogen-bond acceptors (Lipinski definition) is 3. The van der Waals surface area contributed by atoms with E-state index < -0.39 is 29.0 Å². The van der Waals surface area contributed by atoms with Crippen LogP contribution in [0.4, 0.5) is 34.8 Å². The van der Waals surface area contributed by atoms with E-state index in [1.807, 2.05) is 0 Å². The number of halogens is 5. The van der Waals surface area contributed by atoms with Gasteiger partial charge in [-0.2, -0.15) is 0 Å². The van der Waals surface area contributed by atoms with Crippen molar-refractivity contribution in [3.63, 3.8) is 0 Å². The summed E-state index contributed by atoms with van der Waals surface area (Å²) in [4.78, 5) is 3.66. The largest absolute Gasteiger partial charge is 0.396 e. The number of nitrogen functional groups attached to an aromatic ring is 1. The van der Waals surface area contributed by atoms with E-state index in [2.05, 4.69) is 10.3 Å². The zero-order chi connectivity index (χ0) is 14.2. The van der Waals surface area contributed by atoms with Crippen LogP contribution in [0.2, 0.25) is 5.15 Å². The molecule has 0 aliphatic heterocycles. The van der Waals surface area contributed by atoms with Crippen molar-refractivity contribution < 1.29 is 17.6 Å². The average Bonchev–Trinajstić information content (AvgIpc) is 2.36. The summed E-state index contributed by atoms with van der Waals surface area (Å²) >= 11 is 5.58. The second-order valence-corrected chi connectivity index (χ2v) is 3.93. The SMILES string of the molecule is Nc1ccc(Cl)nc1Nc1c(F)c(F)cc(F)c1F. The summed E-state index contributed by atoms with van der Waals surface area (Å²) in [5.74, 6) is -6.46. The Morgan fingerprint density at radius 3 is 2.21 bits per heavy atom. The molecule has 0 bridgehead atoms. The quantitative estimate of drug-likeness (QED) is 0.505. The number of nitrogens with one attached hydrogen (secondary N) is 1. The third kappa shape index (κ3) is 2.55. The Hall–Kier alpha value is -2.02. The Morgan fingerprint density at radius 2 is 1.63 bits per heavy atom. The minimum Gasteiger partial charge on any atom is -0.396 e. The number of hydrogen-bond donors (Lipinski definition) is 2. The van der Waals surface area contributed by atoms with Gasteiger partial charge in [0.2, 0.25) is 0 Å². The topological polar surface area (TPSA) is 50.9 Å². The van der Waals surface area contributed by atoms with Gasteiger partial charge in [0.1, 0.15) is 10.8 Å². The number of rotatable bonds is 2. The molecule has 1 aromatic heterocycles. The molecule has 3 nitrogen and oxygen atoms in total. The number of nitrogens with two attached hydrogens (primary N) is 1. The van der Waals surface area contributed by atoms with Crippen LogP contribution in [0.1, 0.15) is 0 Å². The maximum atomic E-state index is 13.4. The van der Waals surface area contributed by atoms with Crippen molar-refractivity contribution >= 4 is 28.8 Å². The van der Waals surface area contributed by atoms with Crippen molar-refractivity contribution in [3.8, 4) is 0 Å². The smallest absolute Gasteiger partial charge is 0.185 e. The molecule has 0 saturated heterocycles. The normalized spacial score (nSPS) is 10.6. The van der Waals surface area contributed by atoms with Crippen molar-refractivity contribution in [2.45, 2.75) is 0 Å². The second-order valence-electron chi connectivity index (χ2n) is 3.54. The third-order valence-corrected chi connectivity index (χ3v) is 2.46. The molecule has 1 heterocycles. The lowest BCUT2D eigenvalue weighted by Crippen LogP contribution is -2.06. The molecule has 8 heteroatoms. The average molecular weight is 292 g/mol. The Morgan fingerprint density at radius 1 is 1.05 bits per heavy atom. The van der Waals surface area contributed by atoms with Crippen LogP contribution < -0.4 is 11.1 Å². The van der Waals surface area contributed by atoms with Crippen LogP contribution in [0.25, 0.3) is 0 Å². The monoisotopic (exact) mass is 291 g/mol. The number of pyridine rings is 1. The third-order valence-electron chi connectivity index (χ3n) is 2.25. The highest BCUT2D eigenvalue weighted by atomic mass is 35.5. The van der Waals surface area contributed by atoms with Crippen LogP contribution in [0.3, 0.4) is 0 Å². The highest BCUT2D eigenvalue weighted by Gasteiger charge is 2.20. The van der Waals surface area contributed by atoms with Gasteiger partial charge in [0.05, 0.1) is 5.69 Å². The zero-order valence-corrected chi connectivity index (χ0v) is 9.90. The lowest BCUT2D eigenvalue weighted by Gasteiger charge is -2.11. The van der Waals surface area contributed by atoms with Gasteiger partial charge < -0.3 is 11.1 Å². The van der Waals surface area contributed by atoms with Crippen LogP contribution in [0.15, 0.2) is 18.2 Å². The molecule has 2 aromatic rings. The highest BCUT2D eigenvalue weighted by molar-refractivity contribution is 6.29. The van der Waals surface area contributed by atoms with Gasteiger partial charge in [-0.1, -0.05) is 11.6 Å². The van der Waals surface area contributed by atoms with Crippen LogP contribution in [-0.4, -0.2) is 4.98 Å². The van der Waals surface area contributed by atoms with Gasteiger partial charge in [-0.25, -0.2) is 22.5 Å². The molecule has 0 spiro atoms. The fraction of sp³-hybridized carbons (Fsp3) is 0. The van der Waals surface area contributed by atoms with Crippen LogP contribution in [0.5, 0.6) is 0 Å². The number of benzene rings is 1. The molecule has 0 radical (unpaired) electrons. The molecule has 0 atom stereocenters. The van der Waals surface area contributed by atoms with Gasteiger partial charge in [0.25, 0.3) is 0 Å². The van der Waals surface area contributed by atoms with Crippen molar-refractivity contribution in [2.75, 3.05) is 11.1 Å². The number of anilines is 3. The molecule has 0 fully saturated rings. The molecule has 2 rings (SSSR count). The van der Waals surface area contributed by atoms with Crippen LogP contribution in [-0.2, 0) is 0 Å². The Labute approximate surface area is 110 Å². The predicted octanol–water partition coefficient (Wildman–Crippen LogP) is 3.62. The summed E-state index contributed by atoms with van der Waals surface area (Å²) in [5, 5.41) is 2.08. The first-order valence-electron chi connectivity index (χ1n) is 4.92. The molecule has 0 aliphatic carbocycles. The first-order chi connectivity index (χ1) is 8.90. The predicted molar refractivity (Wildman–Crippen MR) is 63.2 cm³/mol. The minimum absolute atomic E-state index is 0.00519. The summed E-state index contributed by atoms with van der Waals surface area (Å²) in [6.07, 6.45) is 0. The van der Waals surface area contributed by atoms with Crippen molar-refractivity contribution in [1.82, 2.24) is 4.98 Å². The molecule has 1 aromatic carbocycles. The summed E-state index contributed by atoms with van der Waals surface area (Å²) in [6, 6.07) is 2.77. The first-order valence-corrected chi connectivity index (χ1v) is 5.30. The standard InChI is InChI=1S/C11H6ClF4N3/c12-7-2-1-6(17)11(18-7)19-10-8(15)4(13)3-5(14)9(10)16/h1-3H,17H2,(H,18,19). The lowest BCUT2D eigenvalue weighted by atomic mass is 10.2. The highest BCUT2D eigenvalue weighted by Crippen LogP contribution is 2.29. The molecule has 3 N–H and O–H groups in total. The van der Waals surface area contributed by atoms with E-state index in [9.17, 15) is 17.6 Å². The van der Waals surface area contributed by atoms with E-state index in [0.717, 1.165) is 0 Å². The van der Waals surface area contributed by atoms with Crippen molar-refractivity contribution in [3.05, 3.63) is 46.6 Å². The molecule has 0 amide bonds. The van der Waals surface area contributed by atoms with Gasteiger partial charge in [0.15, 0.2) is 29.1 Å². The van der Waals surface area contributed by atoms with Crippen molar-refractivity contribution in [1.29, 1.82) is 0 Å². The van der Waals surface area contributed by atoms with Gasteiger partial charge in [-0.15, -0.1) is 0 Å². The van der Waals surface area contributed by atoms with Gasteiger partial charge in [-0.3, -0.25) is 0 Å². The summed E-state index contributed by atoms with van der Waals surface area (Å²) in [6.45, 7) is 0. The Bertz CT molecular complexity index is 622. The molecular formula is C11H6ClF4N3. The second kappa shape index (κ2) is 4.93. The first kappa shape index (κ1) is 13.4. The maximum absolute atomic E-state index is 13.4. The molecule has 0 saturated carbocycles. The molecule has 0 unspecified atom stereocenters. The number of aromatic nitrogens is 1. The lowest BCUT2D eigenvalue weighted by molar-refractivity contribution is 0.459. The van der Waals surface area contributed by atoms with Crippen molar-refractivity contribution in [2.24, 2.45) is 0 Å². The maximum Gasteiger partial charge on any atom is 0.185 e. The Balaban J connectivity index is 2.52. The van der Waals surface area contributed by atoms with E-state index >= 15 is 0 Å². The summed E-state index contributed by atoms with van der Waals surface area (Å²) in [5.41, 5.74) is 4.48. The number of nitrogens with zero attached hydrogens (tertiary/aromatic N) is 1. The fourth-order valence-electron chi connectivity index (χ4n) is 1.35. The zero-order valence-electron chi connectivity index (χ0n) is 9.15.